The molecule has 0 bridgehead atoms. The Bertz CT molecular complexity index is 1100. The van der Waals surface area contributed by atoms with Crippen molar-refractivity contribution in [3.63, 3.8) is 0 Å². The highest BCUT2D eigenvalue weighted by Gasteiger charge is 2.54. The molecule has 4 atom stereocenters. The average Bonchev–Trinajstić information content (AvgIpc) is 3.43. The zero-order valence-electron chi connectivity index (χ0n) is 18.7. The van der Waals surface area contributed by atoms with Crippen molar-refractivity contribution in [2.45, 2.75) is 18.9 Å². The fourth-order valence-electron chi connectivity index (χ4n) is 5.12. The molecule has 2 heterocycles. The predicted molar refractivity (Wildman–Crippen MR) is 113 cm³/mol. The quantitative estimate of drug-likeness (QED) is 0.629. The molecule has 0 saturated carbocycles. The van der Waals surface area contributed by atoms with E-state index in [1.54, 1.807) is 0 Å². The standard InChI is InChI=1S/C24H24O9/c1-11(25)33-22-14-8-17-16(31-10-32-17)7-13(14)20(21-15(22)9-30-24(21)26)12-5-18(27-2)23(29-4)19(6-12)28-3/h5-8,15,20-22H,9-10H2,1-4H3/t15?,20-,21?,22-/m1/s1. The number of hydrogen-bond acceptors (Lipinski definition) is 9. The summed E-state index contributed by atoms with van der Waals surface area (Å²) in [5, 5.41) is 0. The zero-order chi connectivity index (χ0) is 23.3. The van der Waals surface area contributed by atoms with Crippen molar-refractivity contribution >= 4 is 11.9 Å². The molecule has 0 aromatic heterocycles. The van der Waals surface area contributed by atoms with Crippen LogP contribution in [0.5, 0.6) is 28.7 Å². The first-order chi connectivity index (χ1) is 16.0. The molecule has 174 valence electrons. The highest BCUT2D eigenvalue weighted by Crippen LogP contribution is 2.56. The summed E-state index contributed by atoms with van der Waals surface area (Å²) >= 11 is 0. The first-order valence-electron chi connectivity index (χ1n) is 10.5. The van der Waals surface area contributed by atoms with E-state index in [1.807, 2.05) is 24.3 Å². The molecule has 0 radical (unpaired) electrons. The van der Waals surface area contributed by atoms with Crippen molar-refractivity contribution in [1.29, 1.82) is 0 Å². The largest absolute Gasteiger partial charge is 0.493 e. The van der Waals surface area contributed by atoms with E-state index in [-0.39, 0.29) is 25.3 Å². The lowest BCUT2D eigenvalue weighted by atomic mass is 9.66. The van der Waals surface area contributed by atoms with Gasteiger partial charge in [0.05, 0.1) is 33.9 Å². The Labute approximate surface area is 190 Å². The van der Waals surface area contributed by atoms with Crippen LogP contribution in [-0.2, 0) is 19.1 Å². The summed E-state index contributed by atoms with van der Waals surface area (Å²) in [5.74, 6) is 0.383. The summed E-state index contributed by atoms with van der Waals surface area (Å²) in [4.78, 5) is 25.0. The number of ether oxygens (including phenoxy) is 7. The molecule has 1 aliphatic carbocycles. The molecule has 3 aliphatic rings. The number of fused-ring (bicyclic) bond motifs is 3. The van der Waals surface area contributed by atoms with E-state index < -0.39 is 23.9 Å². The molecule has 2 aromatic rings. The van der Waals surface area contributed by atoms with Crippen LogP contribution in [0.2, 0.25) is 0 Å². The summed E-state index contributed by atoms with van der Waals surface area (Å²) in [5.41, 5.74) is 2.33. The van der Waals surface area contributed by atoms with Crippen molar-refractivity contribution < 1.29 is 42.7 Å². The number of methoxy groups -OCH3 is 3. The molecule has 33 heavy (non-hydrogen) atoms. The Kier molecular flexibility index (Phi) is 5.19. The maximum absolute atomic E-state index is 13.0. The van der Waals surface area contributed by atoms with E-state index in [1.165, 1.54) is 28.3 Å². The second-order valence-electron chi connectivity index (χ2n) is 8.12. The normalized spacial score (nSPS) is 24.4. The van der Waals surface area contributed by atoms with E-state index in [0.717, 1.165) is 16.7 Å². The second-order valence-corrected chi connectivity index (χ2v) is 8.12. The van der Waals surface area contributed by atoms with Crippen molar-refractivity contribution in [2.75, 3.05) is 34.7 Å². The zero-order valence-corrected chi connectivity index (χ0v) is 18.7. The number of esters is 2. The molecule has 2 aromatic carbocycles. The minimum atomic E-state index is -0.651. The van der Waals surface area contributed by atoms with Crippen LogP contribution in [0.4, 0.5) is 0 Å². The lowest BCUT2D eigenvalue weighted by Crippen LogP contribution is -2.36. The van der Waals surface area contributed by atoms with E-state index in [4.69, 9.17) is 33.2 Å². The van der Waals surface area contributed by atoms with Crippen LogP contribution in [0.25, 0.3) is 0 Å². The number of benzene rings is 2. The molecule has 1 fully saturated rings. The lowest BCUT2D eigenvalue weighted by molar-refractivity contribution is -0.152. The van der Waals surface area contributed by atoms with Crippen LogP contribution in [0, 0.1) is 11.8 Å². The van der Waals surface area contributed by atoms with Crippen LogP contribution in [0.1, 0.15) is 35.6 Å². The molecule has 0 spiro atoms. The van der Waals surface area contributed by atoms with Gasteiger partial charge in [-0.1, -0.05) is 0 Å². The van der Waals surface area contributed by atoms with Gasteiger partial charge in [0.15, 0.2) is 23.0 Å². The topological polar surface area (TPSA) is 98.8 Å². The average molecular weight is 456 g/mol. The Morgan fingerprint density at radius 1 is 0.909 bits per heavy atom. The fourth-order valence-corrected chi connectivity index (χ4v) is 5.12. The first-order valence-corrected chi connectivity index (χ1v) is 10.5. The van der Waals surface area contributed by atoms with Crippen LogP contribution >= 0.6 is 0 Å². The van der Waals surface area contributed by atoms with Gasteiger partial charge in [-0.3, -0.25) is 9.59 Å². The van der Waals surface area contributed by atoms with Crippen molar-refractivity contribution in [1.82, 2.24) is 0 Å². The molecule has 0 amide bonds. The van der Waals surface area contributed by atoms with Gasteiger partial charge in [-0.25, -0.2) is 0 Å². The molecular formula is C24H24O9. The van der Waals surface area contributed by atoms with Crippen LogP contribution < -0.4 is 23.7 Å². The minimum absolute atomic E-state index is 0.0974. The van der Waals surface area contributed by atoms with Crippen molar-refractivity contribution in [3.05, 3.63) is 41.0 Å². The number of carbonyl (C=O) groups excluding carboxylic acids is 2. The third-order valence-electron chi connectivity index (χ3n) is 6.46. The highest BCUT2D eigenvalue weighted by atomic mass is 16.7. The Balaban J connectivity index is 1.75. The summed E-state index contributed by atoms with van der Waals surface area (Å²) in [7, 11) is 4.61. The third kappa shape index (κ3) is 3.30. The monoisotopic (exact) mass is 456 g/mol. The van der Waals surface area contributed by atoms with Gasteiger partial charge in [0, 0.05) is 24.3 Å². The van der Waals surface area contributed by atoms with E-state index >= 15 is 0 Å². The van der Waals surface area contributed by atoms with Gasteiger partial charge in [0.2, 0.25) is 12.5 Å². The van der Waals surface area contributed by atoms with E-state index in [2.05, 4.69) is 0 Å². The van der Waals surface area contributed by atoms with Gasteiger partial charge < -0.3 is 33.2 Å². The summed E-state index contributed by atoms with van der Waals surface area (Å²) in [6, 6.07) is 7.34. The third-order valence-corrected chi connectivity index (χ3v) is 6.46. The molecule has 9 heteroatoms. The Morgan fingerprint density at radius 2 is 1.55 bits per heavy atom. The maximum atomic E-state index is 13.0. The Hall–Kier alpha value is -3.62. The van der Waals surface area contributed by atoms with Gasteiger partial charge in [-0.05, 0) is 35.4 Å². The molecule has 2 aliphatic heterocycles. The molecule has 1 saturated heterocycles. The van der Waals surface area contributed by atoms with Crippen LogP contribution in [-0.4, -0.2) is 46.7 Å². The van der Waals surface area contributed by atoms with Gasteiger partial charge in [0.25, 0.3) is 0 Å². The van der Waals surface area contributed by atoms with Gasteiger partial charge >= 0.3 is 11.9 Å². The predicted octanol–water partition coefficient (Wildman–Crippen LogP) is 2.98. The minimum Gasteiger partial charge on any atom is -0.493 e. The molecule has 9 nitrogen and oxygen atoms in total. The van der Waals surface area contributed by atoms with Gasteiger partial charge in [0.1, 0.15) is 6.10 Å². The molecule has 2 unspecified atom stereocenters. The second kappa shape index (κ2) is 8.06. The number of hydrogen-bond donors (Lipinski definition) is 0. The Morgan fingerprint density at radius 3 is 2.12 bits per heavy atom. The van der Waals surface area contributed by atoms with E-state index in [0.29, 0.717) is 28.7 Å². The number of cyclic esters (lactones) is 1. The lowest BCUT2D eigenvalue weighted by Gasteiger charge is -2.38. The fraction of sp³-hybridized carbons (Fsp3) is 0.417. The molecule has 5 rings (SSSR count). The summed E-state index contributed by atoms with van der Waals surface area (Å²) in [6.45, 7) is 1.60. The van der Waals surface area contributed by atoms with E-state index in [9.17, 15) is 9.59 Å². The SMILES string of the molecule is COc1cc([C@@H]2c3cc4c(cc3[C@@H](OC(C)=O)C3COC(=O)C32)OCO4)cc(OC)c1OC. The number of carbonyl (C=O) groups is 2. The van der Waals surface area contributed by atoms with Crippen molar-refractivity contribution in [3.8, 4) is 28.7 Å². The molecule has 0 N–H and O–H groups in total. The van der Waals surface area contributed by atoms with Crippen LogP contribution in [0.15, 0.2) is 24.3 Å². The summed E-state index contributed by atoms with van der Waals surface area (Å²) < 4.78 is 38.9. The first kappa shape index (κ1) is 21.2. The number of rotatable bonds is 5. The van der Waals surface area contributed by atoms with Crippen molar-refractivity contribution in [2.24, 2.45) is 11.8 Å². The van der Waals surface area contributed by atoms with Gasteiger partial charge in [-0.2, -0.15) is 0 Å². The summed E-state index contributed by atoms with van der Waals surface area (Å²) in [6.07, 6.45) is -0.651. The maximum Gasteiger partial charge on any atom is 0.310 e. The molecular weight excluding hydrogens is 432 g/mol. The highest BCUT2D eigenvalue weighted by molar-refractivity contribution is 5.79. The van der Waals surface area contributed by atoms with Crippen LogP contribution in [0.3, 0.4) is 0 Å². The smallest absolute Gasteiger partial charge is 0.310 e. The van der Waals surface area contributed by atoms with Gasteiger partial charge in [-0.15, -0.1) is 0 Å².